The monoisotopic (exact) mass is 464 g/mol. The highest BCUT2D eigenvalue weighted by atomic mass is 16.5. The molecule has 180 valence electrons. The summed E-state index contributed by atoms with van der Waals surface area (Å²) in [5, 5.41) is 13.4. The van der Waals surface area contributed by atoms with Gasteiger partial charge in [-0.2, -0.15) is 0 Å². The van der Waals surface area contributed by atoms with E-state index in [1.54, 1.807) is 31.2 Å². The Morgan fingerprint density at radius 3 is 2.21 bits per heavy atom. The van der Waals surface area contributed by atoms with Gasteiger partial charge in [0.1, 0.15) is 5.84 Å². The van der Waals surface area contributed by atoms with Crippen LogP contribution in [0.15, 0.2) is 54.6 Å². The van der Waals surface area contributed by atoms with Crippen molar-refractivity contribution >= 4 is 29.3 Å². The van der Waals surface area contributed by atoms with E-state index in [4.69, 9.17) is 15.9 Å². The SMILES string of the molecule is CCOC(=O)CC(NC(=O)C1CCCCC1C(=O)Nc1ccc(C(=N)N)cc1)c1ccccc1. The van der Waals surface area contributed by atoms with E-state index in [-0.39, 0.29) is 36.6 Å². The van der Waals surface area contributed by atoms with Gasteiger partial charge in [-0.05, 0) is 49.6 Å². The second kappa shape index (κ2) is 12.0. The van der Waals surface area contributed by atoms with Crippen LogP contribution in [0.2, 0.25) is 0 Å². The maximum Gasteiger partial charge on any atom is 0.308 e. The number of amidine groups is 1. The molecule has 0 heterocycles. The van der Waals surface area contributed by atoms with Crippen molar-refractivity contribution in [1.82, 2.24) is 5.32 Å². The molecule has 3 unspecified atom stereocenters. The first-order valence-electron chi connectivity index (χ1n) is 11.6. The van der Waals surface area contributed by atoms with Crippen LogP contribution >= 0.6 is 0 Å². The molecule has 34 heavy (non-hydrogen) atoms. The van der Waals surface area contributed by atoms with E-state index in [2.05, 4.69) is 10.6 Å². The smallest absolute Gasteiger partial charge is 0.308 e. The van der Waals surface area contributed by atoms with Crippen molar-refractivity contribution in [3.63, 3.8) is 0 Å². The first kappa shape index (κ1) is 25.0. The summed E-state index contributed by atoms with van der Waals surface area (Å²) < 4.78 is 5.09. The number of hydrogen-bond acceptors (Lipinski definition) is 5. The lowest BCUT2D eigenvalue weighted by atomic mass is 9.78. The Balaban J connectivity index is 1.71. The average molecular weight is 465 g/mol. The molecule has 1 aliphatic carbocycles. The normalized spacial score (nSPS) is 18.4. The molecule has 1 aliphatic rings. The van der Waals surface area contributed by atoms with Gasteiger partial charge >= 0.3 is 5.97 Å². The van der Waals surface area contributed by atoms with Crippen LogP contribution in [0, 0.1) is 17.2 Å². The molecule has 0 spiro atoms. The minimum absolute atomic E-state index is 0.0235. The highest BCUT2D eigenvalue weighted by Gasteiger charge is 2.37. The van der Waals surface area contributed by atoms with Crippen LogP contribution in [-0.2, 0) is 19.1 Å². The molecule has 0 radical (unpaired) electrons. The second-order valence-corrected chi connectivity index (χ2v) is 8.46. The average Bonchev–Trinajstić information content (AvgIpc) is 2.84. The number of ether oxygens (including phenoxy) is 1. The predicted octanol–water partition coefficient (Wildman–Crippen LogP) is 3.53. The summed E-state index contributed by atoms with van der Waals surface area (Å²) in [7, 11) is 0. The number of nitrogen functional groups attached to an aromatic ring is 1. The standard InChI is InChI=1S/C26H32N4O4/c1-2-34-23(31)16-22(17-8-4-3-5-9-17)30-26(33)21-11-7-6-10-20(21)25(32)29-19-14-12-18(13-15-19)24(27)28/h3-5,8-9,12-15,20-22H,2,6-7,10-11,16H2,1H3,(H3,27,28)(H,29,32)(H,30,33). The molecule has 3 rings (SSSR count). The van der Waals surface area contributed by atoms with Crippen LogP contribution in [0.4, 0.5) is 5.69 Å². The van der Waals surface area contributed by atoms with E-state index in [0.717, 1.165) is 18.4 Å². The highest BCUT2D eigenvalue weighted by molar-refractivity contribution is 5.98. The van der Waals surface area contributed by atoms with Crippen molar-refractivity contribution in [3.05, 3.63) is 65.7 Å². The van der Waals surface area contributed by atoms with Crippen molar-refractivity contribution in [1.29, 1.82) is 5.41 Å². The predicted molar refractivity (Wildman–Crippen MR) is 130 cm³/mol. The van der Waals surface area contributed by atoms with E-state index in [1.165, 1.54) is 0 Å². The number of esters is 1. The number of anilines is 1. The Morgan fingerprint density at radius 2 is 1.62 bits per heavy atom. The zero-order valence-corrected chi connectivity index (χ0v) is 19.4. The van der Waals surface area contributed by atoms with Crippen LogP contribution in [0.5, 0.6) is 0 Å². The molecule has 0 saturated heterocycles. The fourth-order valence-electron chi connectivity index (χ4n) is 4.33. The Labute approximate surface area is 199 Å². The van der Waals surface area contributed by atoms with Gasteiger partial charge in [0.25, 0.3) is 0 Å². The number of carbonyl (C=O) groups is 3. The van der Waals surface area contributed by atoms with Crippen molar-refractivity contribution in [3.8, 4) is 0 Å². The zero-order valence-electron chi connectivity index (χ0n) is 19.4. The van der Waals surface area contributed by atoms with Crippen LogP contribution in [0.3, 0.4) is 0 Å². The molecule has 1 fully saturated rings. The number of benzene rings is 2. The first-order chi connectivity index (χ1) is 16.4. The summed E-state index contributed by atoms with van der Waals surface area (Å²) in [6, 6.07) is 15.5. The van der Waals surface area contributed by atoms with Crippen molar-refractivity contribution < 1.29 is 19.1 Å². The van der Waals surface area contributed by atoms with Gasteiger partial charge in [-0.3, -0.25) is 19.8 Å². The van der Waals surface area contributed by atoms with E-state index in [0.29, 0.717) is 24.1 Å². The number of amides is 2. The number of nitrogens with one attached hydrogen (secondary N) is 3. The molecular formula is C26H32N4O4. The third-order valence-electron chi connectivity index (χ3n) is 6.10. The van der Waals surface area contributed by atoms with E-state index < -0.39 is 17.9 Å². The van der Waals surface area contributed by atoms with Crippen molar-refractivity contribution in [2.45, 2.75) is 45.1 Å². The van der Waals surface area contributed by atoms with Crippen molar-refractivity contribution in [2.75, 3.05) is 11.9 Å². The van der Waals surface area contributed by atoms with Gasteiger partial charge < -0.3 is 21.1 Å². The molecule has 8 heteroatoms. The Hall–Kier alpha value is -3.68. The van der Waals surface area contributed by atoms with Gasteiger partial charge in [-0.25, -0.2) is 0 Å². The third kappa shape index (κ3) is 6.66. The summed E-state index contributed by atoms with van der Waals surface area (Å²) in [6.45, 7) is 2.01. The van der Waals surface area contributed by atoms with Gasteiger partial charge in [0.05, 0.1) is 19.1 Å². The maximum atomic E-state index is 13.3. The fraction of sp³-hybridized carbons (Fsp3) is 0.385. The molecule has 8 nitrogen and oxygen atoms in total. The lowest BCUT2D eigenvalue weighted by Crippen LogP contribution is -2.43. The van der Waals surface area contributed by atoms with Crippen LogP contribution < -0.4 is 16.4 Å². The van der Waals surface area contributed by atoms with Gasteiger partial charge in [0, 0.05) is 23.1 Å². The summed E-state index contributed by atoms with van der Waals surface area (Å²) in [6.07, 6.45) is 2.98. The van der Waals surface area contributed by atoms with Crippen LogP contribution in [0.1, 0.15) is 56.2 Å². The lowest BCUT2D eigenvalue weighted by molar-refractivity contribution is -0.144. The van der Waals surface area contributed by atoms with Gasteiger partial charge in [-0.15, -0.1) is 0 Å². The maximum absolute atomic E-state index is 13.3. The van der Waals surface area contributed by atoms with E-state index >= 15 is 0 Å². The molecule has 2 aromatic carbocycles. The molecule has 2 aromatic rings. The number of nitrogens with two attached hydrogens (primary N) is 1. The molecule has 1 saturated carbocycles. The van der Waals surface area contributed by atoms with Gasteiger partial charge in [-0.1, -0.05) is 43.2 Å². The lowest BCUT2D eigenvalue weighted by Gasteiger charge is -2.31. The largest absolute Gasteiger partial charge is 0.466 e. The molecule has 3 atom stereocenters. The molecule has 0 bridgehead atoms. The third-order valence-corrected chi connectivity index (χ3v) is 6.10. The van der Waals surface area contributed by atoms with E-state index in [1.807, 2.05) is 30.3 Å². The molecule has 2 amide bonds. The molecular weight excluding hydrogens is 432 g/mol. The summed E-state index contributed by atoms with van der Waals surface area (Å²) in [5.41, 5.74) is 7.45. The Kier molecular flexibility index (Phi) is 8.79. The van der Waals surface area contributed by atoms with Gasteiger partial charge in [0.2, 0.25) is 11.8 Å². The minimum atomic E-state index is -0.530. The molecule has 0 aliphatic heterocycles. The van der Waals surface area contributed by atoms with E-state index in [9.17, 15) is 14.4 Å². The summed E-state index contributed by atoms with van der Waals surface area (Å²) in [4.78, 5) is 38.6. The number of rotatable bonds is 9. The molecule has 0 aromatic heterocycles. The highest BCUT2D eigenvalue weighted by Crippen LogP contribution is 2.32. The minimum Gasteiger partial charge on any atom is -0.466 e. The Bertz CT molecular complexity index is 1010. The second-order valence-electron chi connectivity index (χ2n) is 8.46. The van der Waals surface area contributed by atoms with Crippen LogP contribution in [-0.4, -0.2) is 30.2 Å². The first-order valence-corrected chi connectivity index (χ1v) is 11.6. The summed E-state index contributed by atoms with van der Waals surface area (Å²) in [5.74, 6) is -1.83. The zero-order chi connectivity index (χ0) is 24.5. The van der Waals surface area contributed by atoms with Crippen molar-refractivity contribution in [2.24, 2.45) is 17.6 Å². The summed E-state index contributed by atoms with van der Waals surface area (Å²) >= 11 is 0. The Morgan fingerprint density at radius 1 is 1.00 bits per heavy atom. The molecule has 5 N–H and O–H groups in total. The van der Waals surface area contributed by atoms with Gasteiger partial charge in [0.15, 0.2) is 0 Å². The topological polar surface area (TPSA) is 134 Å². The quantitative estimate of drug-likeness (QED) is 0.256. The van der Waals surface area contributed by atoms with Crippen LogP contribution in [0.25, 0.3) is 0 Å². The fourth-order valence-corrected chi connectivity index (χ4v) is 4.33. The number of hydrogen-bond donors (Lipinski definition) is 4. The number of carbonyl (C=O) groups excluding carboxylic acids is 3.